The molecule has 0 saturated carbocycles. The monoisotopic (exact) mass is 608 g/mol. The standard InChI is InChI=1S/C28H28N6O6S2/c29-42(38,39)20-9-7-18(8-10-20)13-14-30-25(36)17-41-28-32-22-6-2-1-5-21(22)26-33-27(37)23(34(26)28)11-12-24(35)31-16-19-4-3-15-40-19/h1-10,15,23H,11-14,16-17H2,(H,30,36)(H,31,35)(H2,29,38,39). The number of fused-ring (bicyclic) bond motifs is 3. The summed E-state index contributed by atoms with van der Waals surface area (Å²) in [5, 5.41) is 11.2. The van der Waals surface area contributed by atoms with E-state index in [1.54, 1.807) is 29.2 Å². The smallest absolute Gasteiger partial charge is 0.270 e. The molecule has 5 rings (SSSR count). The van der Waals surface area contributed by atoms with E-state index in [-0.39, 0.29) is 47.8 Å². The minimum atomic E-state index is -3.76. The first-order valence-electron chi connectivity index (χ1n) is 13.1. The number of hydrogen-bond acceptors (Lipinski definition) is 9. The molecule has 42 heavy (non-hydrogen) atoms. The van der Waals surface area contributed by atoms with Gasteiger partial charge in [-0.1, -0.05) is 36.0 Å². The van der Waals surface area contributed by atoms with Crippen molar-refractivity contribution < 1.29 is 27.2 Å². The predicted molar refractivity (Wildman–Crippen MR) is 157 cm³/mol. The summed E-state index contributed by atoms with van der Waals surface area (Å²) in [6.45, 7) is 0.593. The zero-order valence-electron chi connectivity index (χ0n) is 22.4. The minimum Gasteiger partial charge on any atom is -0.467 e. The van der Waals surface area contributed by atoms with E-state index in [1.165, 1.54) is 30.2 Å². The Labute approximate surface area is 246 Å². The van der Waals surface area contributed by atoms with Crippen LogP contribution in [0, 0.1) is 0 Å². The van der Waals surface area contributed by atoms with Crippen molar-refractivity contribution in [2.45, 2.75) is 36.7 Å². The number of nitrogens with one attached hydrogen (secondary N) is 2. The first kappa shape index (κ1) is 29.2. The molecular weight excluding hydrogens is 580 g/mol. The predicted octanol–water partition coefficient (Wildman–Crippen LogP) is 2.07. The average Bonchev–Trinajstić information content (AvgIpc) is 3.61. The number of nitrogens with two attached hydrogens (primary N) is 1. The Kier molecular flexibility index (Phi) is 8.85. The van der Waals surface area contributed by atoms with Crippen molar-refractivity contribution in [3.8, 4) is 0 Å². The number of sulfonamides is 1. The number of primary sulfonamides is 1. The van der Waals surface area contributed by atoms with Gasteiger partial charge in [-0.15, -0.1) is 0 Å². The molecule has 3 heterocycles. The number of carbonyl (C=O) groups excluding carboxylic acids is 3. The van der Waals surface area contributed by atoms with E-state index in [4.69, 9.17) is 14.5 Å². The molecule has 2 aliphatic rings. The Morgan fingerprint density at radius 3 is 2.52 bits per heavy atom. The van der Waals surface area contributed by atoms with Gasteiger partial charge in [0.1, 0.15) is 17.6 Å². The Morgan fingerprint density at radius 2 is 1.79 bits per heavy atom. The maximum Gasteiger partial charge on any atom is 0.270 e. The van der Waals surface area contributed by atoms with Gasteiger partial charge in [0.2, 0.25) is 21.8 Å². The Balaban J connectivity index is 1.19. The van der Waals surface area contributed by atoms with Crippen molar-refractivity contribution in [1.82, 2.24) is 15.5 Å². The maximum atomic E-state index is 13.0. The number of benzene rings is 2. The number of amides is 3. The SMILES string of the molecule is NS(=O)(=O)c1ccc(CCNC(=O)CSC2=Nc3ccccc3C3=NC(=O)C(CCC(=O)NCc4ccco4)N23)cc1. The van der Waals surface area contributed by atoms with Crippen LogP contribution in [-0.2, 0) is 37.4 Å². The van der Waals surface area contributed by atoms with Crippen molar-refractivity contribution in [2.24, 2.45) is 15.1 Å². The van der Waals surface area contributed by atoms with E-state index in [0.717, 1.165) is 5.56 Å². The van der Waals surface area contributed by atoms with Crippen molar-refractivity contribution in [2.75, 3.05) is 12.3 Å². The van der Waals surface area contributed by atoms with E-state index in [1.807, 2.05) is 24.3 Å². The third kappa shape index (κ3) is 6.95. The van der Waals surface area contributed by atoms with Gasteiger partial charge in [0.25, 0.3) is 5.91 Å². The number of rotatable bonds is 11. The zero-order valence-corrected chi connectivity index (χ0v) is 24.0. The Bertz CT molecular complexity index is 1650. The van der Waals surface area contributed by atoms with Crippen LogP contribution >= 0.6 is 11.8 Å². The van der Waals surface area contributed by atoms with Crippen molar-refractivity contribution in [3.63, 3.8) is 0 Å². The molecule has 3 aromatic rings. The lowest BCUT2D eigenvalue weighted by molar-refractivity contribution is -0.122. The number of aliphatic imine (C=N–C) groups is 2. The maximum absolute atomic E-state index is 13.0. The highest BCUT2D eigenvalue weighted by atomic mass is 32.2. The first-order valence-corrected chi connectivity index (χ1v) is 15.6. The van der Waals surface area contributed by atoms with Gasteiger partial charge >= 0.3 is 0 Å². The Morgan fingerprint density at radius 1 is 1.00 bits per heavy atom. The van der Waals surface area contributed by atoms with Gasteiger partial charge in [0.15, 0.2) is 5.17 Å². The molecule has 4 N–H and O–H groups in total. The Hall–Kier alpha value is -4.27. The van der Waals surface area contributed by atoms with Crippen molar-refractivity contribution in [1.29, 1.82) is 0 Å². The number of hydrogen-bond donors (Lipinski definition) is 3. The topological polar surface area (TPSA) is 177 Å². The highest BCUT2D eigenvalue weighted by Crippen LogP contribution is 2.35. The molecule has 2 aliphatic heterocycles. The largest absolute Gasteiger partial charge is 0.467 e. The van der Waals surface area contributed by atoms with E-state index >= 15 is 0 Å². The van der Waals surface area contributed by atoms with E-state index in [9.17, 15) is 22.8 Å². The van der Waals surface area contributed by atoms with Gasteiger partial charge in [0.05, 0.1) is 29.1 Å². The van der Waals surface area contributed by atoms with Gasteiger partial charge in [-0.3, -0.25) is 19.3 Å². The minimum absolute atomic E-state index is 0.0256. The van der Waals surface area contributed by atoms with E-state index < -0.39 is 16.1 Å². The van der Waals surface area contributed by atoms with Crippen LogP contribution in [0.5, 0.6) is 0 Å². The van der Waals surface area contributed by atoms with Crippen molar-refractivity contribution in [3.05, 3.63) is 83.8 Å². The second kappa shape index (κ2) is 12.7. The molecule has 0 fully saturated rings. The van der Waals surface area contributed by atoms with Crippen LogP contribution in [0.15, 0.2) is 86.2 Å². The molecule has 0 aliphatic carbocycles. The molecule has 0 saturated heterocycles. The second-order valence-electron chi connectivity index (χ2n) is 9.54. The van der Waals surface area contributed by atoms with Crippen LogP contribution in [0.25, 0.3) is 0 Å². The van der Waals surface area contributed by atoms with Crippen LogP contribution in [0.2, 0.25) is 0 Å². The van der Waals surface area contributed by atoms with Gasteiger partial charge in [-0.2, -0.15) is 4.99 Å². The summed E-state index contributed by atoms with van der Waals surface area (Å²) in [6, 6.07) is 16.2. The lowest BCUT2D eigenvalue weighted by Gasteiger charge is -2.31. The highest BCUT2D eigenvalue weighted by molar-refractivity contribution is 8.14. The first-order chi connectivity index (χ1) is 20.2. The number of amidine groups is 2. The number of carbonyl (C=O) groups is 3. The second-order valence-corrected chi connectivity index (χ2v) is 12.0. The summed E-state index contributed by atoms with van der Waals surface area (Å²) in [4.78, 5) is 48.9. The fraction of sp³-hybridized carbons (Fsp3) is 0.250. The molecular formula is C28H28N6O6S2. The summed E-state index contributed by atoms with van der Waals surface area (Å²) < 4.78 is 28.1. The van der Waals surface area contributed by atoms with Gasteiger partial charge < -0.3 is 15.1 Å². The quantitative estimate of drug-likeness (QED) is 0.296. The molecule has 218 valence electrons. The molecule has 1 aromatic heterocycles. The summed E-state index contributed by atoms with van der Waals surface area (Å²) >= 11 is 1.18. The van der Waals surface area contributed by atoms with E-state index in [2.05, 4.69) is 15.6 Å². The normalized spacial score (nSPS) is 15.9. The summed E-state index contributed by atoms with van der Waals surface area (Å²) in [7, 11) is -3.76. The molecule has 2 aromatic carbocycles. The van der Waals surface area contributed by atoms with Gasteiger partial charge in [0, 0.05) is 18.5 Å². The molecule has 0 radical (unpaired) electrons. The van der Waals surface area contributed by atoms with Crippen molar-refractivity contribution >= 4 is 56.2 Å². The fourth-order valence-corrected chi connectivity index (χ4v) is 5.90. The van der Waals surface area contributed by atoms with Crippen LogP contribution in [0.4, 0.5) is 5.69 Å². The number of para-hydroxylation sites is 1. The number of thioether (sulfide) groups is 1. The molecule has 1 atom stereocenters. The zero-order chi connectivity index (χ0) is 29.7. The van der Waals surface area contributed by atoms with Crippen LogP contribution < -0.4 is 15.8 Å². The number of nitrogens with zero attached hydrogens (tertiary/aromatic N) is 3. The molecule has 12 nitrogen and oxygen atoms in total. The third-order valence-corrected chi connectivity index (χ3v) is 8.49. The van der Waals surface area contributed by atoms with Crippen LogP contribution in [0.3, 0.4) is 0 Å². The average molecular weight is 609 g/mol. The summed E-state index contributed by atoms with van der Waals surface area (Å²) in [6.07, 6.45) is 2.34. The van der Waals surface area contributed by atoms with Crippen LogP contribution in [0.1, 0.15) is 29.7 Å². The molecule has 3 amide bonds. The van der Waals surface area contributed by atoms with Gasteiger partial charge in [-0.25, -0.2) is 18.5 Å². The molecule has 0 bridgehead atoms. The molecule has 14 heteroatoms. The summed E-state index contributed by atoms with van der Waals surface area (Å²) in [5.74, 6) is 0.293. The molecule has 1 unspecified atom stereocenters. The van der Waals surface area contributed by atoms with E-state index in [0.29, 0.717) is 41.0 Å². The van der Waals surface area contributed by atoms with Gasteiger partial charge in [-0.05, 0) is 54.8 Å². The fourth-order valence-electron chi connectivity index (χ4n) is 4.50. The molecule has 0 spiro atoms. The lowest BCUT2D eigenvalue weighted by atomic mass is 10.1. The number of furan rings is 1. The van der Waals surface area contributed by atoms with Crippen LogP contribution in [-0.4, -0.2) is 60.4 Å². The highest BCUT2D eigenvalue weighted by Gasteiger charge is 2.41. The lowest BCUT2D eigenvalue weighted by Crippen LogP contribution is -2.44. The summed E-state index contributed by atoms with van der Waals surface area (Å²) in [5.41, 5.74) is 2.19. The third-order valence-electron chi connectivity index (χ3n) is 6.61.